The molecule has 200 valence electrons. The highest BCUT2D eigenvalue weighted by atomic mass is 32.1. The van der Waals surface area contributed by atoms with E-state index in [1.807, 2.05) is 0 Å². The minimum atomic E-state index is 0.769. The summed E-state index contributed by atoms with van der Waals surface area (Å²) in [5.41, 5.74) is 0. The molecule has 0 saturated carbocycles. The van der Waals surface area contributed by atoms with E-state index in [2.05, 4.69) is 19.2 Å². The van der Waals surface area contributed by atoms with Crippen LogP contribution in [0.4, 0.5) is 0 Å². The van der Waals surface area contributed by atoms with Gasteiger partial charge in [-0.1, -0.05) is 180 Å². The van der Waals surface area contributed by atoms with Crippen molar-refractivity contribution in [1.29, 1.82) is 0 Å². The van der Waals surface area contributed by atoms with Gasteiger partial charge >= 0.3 is 0 Å². The van der Waals surface area contributed by atoms with Crippen LogP contribution in [0.2, 0.25) is 0 Å². The van der Waals surface area contributed by atoms with Crippen LogP contribution in [0.25, 0.3) is 0 Å². The van der Waals surface area contributed by atoms with Crippen LogP contribution in [0.1, 0.15) is 174 Å². The maximum absolute atomic E-state index is 5.61. The Morgan fingerprint density at radius 3 is 1.12 bits per heavy atom. The molecular weight excluding hydrogens is 450 g/mol. The van der Waals surface area contributed by atoms with Crippen molar-refractivity contribution in [2.45, 2.75) is 174 Å². The van der Waals surface area contributed by atoms with Crippen molar-refractivity contribution in [3.05, 3.63) is 0 Å². The third-order valence-electron chi connectivity index (χ3n) is 7.83. The number of rotatable bonds is 22. The summed E-state index contributed by atoms with van der Waals surface area (Å²) in [6.45, 7) is 4.60. The Morgan fingerprint density at radius 1 is 0.500 bits per heavy atom. The number of nitrogens with one attached hydrogen (secondary N) is 1. The largest absolute Gasteiger partial charge is 0.345 e. The lowest BCUT2D eigenvalue weighted by Crippen LogP contribution is -2.34. The van der Waals surface area contributed by atoms with E-state index in [1.165, 1.54) is 148 Å². The molecule has 0 amide bonds. The zero-order valence-corrected chi connectivity index (χ0v) is 24.8. The van der Waals surface area contributed by atoms with Crippen molar-refractivity contribution < 1.29 is 0 Å². The molecule has 3 heteroatoms. The zero-order chi connectivity index (χ0) is 24.7. The van der Waals surface area contributed by atoms with Crippen molar-refractivity contribution in [3.63, 3.8) is 0 Å². The van der Waals surface area contributed by atoms with E-state index >= 15 is 0 Å². The van der Waals surface area contributed by atoms with Gasteiger partial charge in [0.15, 0.2) is 0 Å². The van der Waals surface area contributed by atoms with E-state index in [4.69, 9.17) is 24.4 Å². The fourth-order valence-corrected chi connectivity index (χ4v) is 6.48. The van der Waals surface area contributed by atoms with Gasteiger partial charge in [0, 0.05) is 12.8 Å². The molecule has 2 atom stereocenters. The van der Waals surface area contributed by atoms with E-state index in [-0.39, 0.29) is 0 Å². The van der Waals surface area contributed by atoms with Crippen molar-refractivity contribution in [2.75, 3.05) is 0 Å². The first-order chi connectivity index (χ1) is 16.7. The average molecular weight is 510 g/mol. The van der Waals surface area contributed by atoms with Gasteiger partial charge in [-0.3, -0.25) is 0 Å². The molecule has 0 spiro atoms. The topological polar surface area (TPSA) is 12.0 Å². The summed E-state index contributed by atoms with van der Waals surface area (Å²) >= 11 is 11.2. The van der Waals surface area contributed by atoms with Gasteiger partial charge in [-0.25, -0.2) is 0 Å². The maximum atomic E-state index is 5.61. The second kappa shape index (κ2) is 23.4. The van der Waals surface area contributed by atoms with Crippen LogP contribution >= 0.6 is 24.4 Å². The zero-order valence-electron chi connectivity index (χ0n) is 23.1. The standard InChI is InChI=1S/C31H59NS2/c1-3-5-7-9-11-13-15-17-19-21-23-28-25-29(27-31(34)32-30(33)26-28)24-22-20-18-16-14-12-10-8-6-4-2/h28-29H,3-27H2,1-2H3,(H,32,33,34). The van der Waals surface area contributed by atoms with Gasteiger partial charge in [0.1, 0.15) is 0 Å². The fourth-order valence-electron chi connectivity index (χ4n) is 5.70. The Kier molecular flexibility index (Phi) is 22.0. The second-order valence-corrected chi connectivity index (χ2v) is 12.3. The minimum Gasteiger partial charge on any atom is -0.345 e. The van der Waals surface area contributed by atoms with Crippen molar-refractivity contribution >= 4 is 34.4 Å². The monoisotopic (exact) mass is 509 g/mol. The Bertz CT molecular complexity index is 448. The van der Waals surface area contributed by atoms with Gasteiger partial charge in [-0.05, 0) is 18.3 Å². The van der Waals surface area contributed by atoms with E-state index < -0.39 is 0 Å². The molecular formula is C31H59NS2. The quantitative estimate of drug-likeness (QED) is 0.115. The number of hydrogen-bond acceptors (Lipinski definition) is 2. The lowest BCUT2D eigenvalue weighted by Gasteiger charge is -2.28. The number of thiocarbonyl (C=S) groups is 2. The summed E-state index contributed by atoms with van der Waals surface area (Å²) in [6.07, 6.45) is 34.6. The fraction of sp³-hybridized carbons (Fsp3) is 0.935. The van der Waals surface area contributed by atoms with Gasteiger partial charge in [0.25, 0.3) is 0 Å². The van der Waals surface area contributed by atoms with Crippen LogP contribution in [0.3, 0.4) is 0 Å². The van der Waals surface area contributed by atoms with Crippen molar-refractivity contribution in [1.82, 2.24) is 5.32 Å². The maximum Gasteiger partial charge on any atom is 0.0803 e. The first kappa shape index (κ1) is 32.0. The highest BCUT2D eigenvalue weighted by molar-refractivity contribution is 7.81. The van der Waals surface area contributed by atoms with Gasteiger partial charge < -0.3 is 5.32 Å². The van der Waals surface area contributed by atoms with Gasteiger partial charge in [-0.15, -0.1) is 0 Å². The Morgan fingerprint density at radius 2 is 0.794 bits per heavy atom. The molecule has 1 aliphatic heterocycles. The van der Waals surface area contributed by atoms with E-state index in [9.17, 15) is 0 Å². The molecule has 1 saturated heterocycles. The smallest absolute Gasteiger partial charge is 0.0803 e. The summed E-state index contributed by atoms with van der Waals surface area (Å²) in [6, 6.07) is 0. The van der Waals surface area contributed by atoms with Crippen molar-refractivity contribution in [3.8, 4) is 0 Å². The number of hydrogen-bond donors (Lipinski definition) is 1. The molecule has 0 aliphatic carbocycles. The van der Waals surface area contributed by atoms with Crippen LogP contribution < -0.4 is 5.32 Å². The van der Waals surface area contributed by atoms with E-state index in [0.29, 0.717) is 0 Å². The minimum absolute atomic E-state index is 0.769. The summed E-state index contributed by atoms with van der Waals surface area (Å²) in [7, 11) is 0. The Balaban J connectivity index is 2.16. The third kappa shape index (κ3) is 19.2. The molecule has 1 heterocycles. The van der Waals surface area contributed by atoms with Gasteiger partial charge in [0.2, 0.25) is 0 Å². The molecule has 1 aliphatic rings. The molecule has 0 aromatic rings. The summed E-state index contributed by atoms with van der Waals surface area (Å²) < 4.78 is 0. The first-order valence-corrected chi connectivity index (χ1v) is 16.3. The van der Waals surface area contributed by atoms with E-state index in [1.54, 1.807) is 0 Å². The predicted molar refractivity (Wildman–Crippen MR) is 162 cm³/mol. The van der Waals surface area contributed by atoms with Crippen molar-refractivity contribution in [2.24, 2.45) is 11.8 Å². The first-order valence-electron chi connectivity index (χ1n) is 15.5. The van der Waals surface area contributed by atoms with E-state index in [0.717, 1.165) is 34.7 Å². The highest BCUT2D eigenvalue weighted by Gasteiger charge is 2.22. The normalized spacial score (nSPS) is 19.1. The summed E-state index contributed by atoms with van der Waals surface area (Å²) in [5.74, 6) is 1.54. The molecule has 0 bridgehead atoms. The SMILES string of the molecule is CCCCCCCCCCCCC1CC(=S)NC(=S)CC(CCCCCCCCCCCC)C1. The molecule has 1 fully saturated rings. The molecule has 1 rings (SSSR count). The average Bonchev–Trinajstić information content (AvgIpc) is 2.80. The lowest BCUT2D eigenvalue weighted by atomic mass is 9.82. The molecule has 0 aromatic heterocycles. The van der Waals surface area contributed by atoms with Crippen LogP contribution in [0.5, 0.6) is 0 Å². The second-order valence-electron chi connectivity index (χ2n) is 11.3. The molecule has 0 aromatic carbocycles. The van der Waals surface area contributed by atoms with Crippen LogP contribution in [-0.2, 0) is 0 Å². The predicted octanol–water partition coefficient (Wildman–Crippen LogP) is 11.3. The number of unbranched alkanes of at least 4 members (excludes halogenated alkanes) is 18. The van der Waals surface area contributed by atoms with Crippen LogP contribution in [0.15, 0.2) is 0 Å². The molecule has 1 N–H and O–H groups in total. The Hall–Kier alpha value is -0.0200. The lowest BCUT2D eigenvalue weighted by molar-refractivity contribution is 0.328. The Labute approximate surface area is 225 Å². The van der Waals surface area contributed by atoms with Crippen LogP contribution in [-0.4, -0.2) is 9.98 Å². The molecule has 2 unspecified atom stereocenters. The van der Waals surface area contributed by atoms with Gasteiger partial charge in [-0.2, -0.15) is 0 Å². The van der Waals surface area contributed by atoms with Gasteiger partial charge in [0.05, 0.1) is 9.98 Å². The highest BCUT2D eigenvalue weighted by Crippen LogP contribution is 2.30. The molecule has 1 nitrogen and oxygen atoms in total. The molecule has 0 radical (unpaired) electrons. The summed E-state index contributed by atoms with van der Waals surface area (Å²) in [5, 5.41) is 3.38. The molecule has 34 heavy (non-hydrogen) atoms. The third-order valence-corrected chi connectivity index (χ3v) is 8.36. The summed E-state index contributed by atoms with van der Waals surface area (Å²) in [4.78, 5) is 2.00. The van der Waals surface area contributed by atoms with Crippen LogP contribution in [0, 0.1) is 11.8 Å².